The first-order valence-electron chi connectivity index (χ1n) is 7.08. The number of amides is 1. The summed E-state index contributed by atoms with van der Waals surface area (Å²) in [7, 11) is 0. The first-order valence-corrected chi connectivity index (χ1v) is 8.07. The molecule has 3 atom stereocenters. The molecule has 2 fully saturated rings. The fraction of sp³-hybridized carbons (Fsp3) is 0.533. The number of nitrogens with zero attached hydrogens (tertiary/aromatic N) is 1. The summed E-state index contributed by atoms with van der Waals surface area (Å²) < 4.78 is 26.3. The zero-order chi connectivity index (χ0) is 15.0. The second-order valence-electron chi connectivity index (χ2n) is 5.73. The smallest absolute Gasteiger partial charge is 0.232 e. The summed E-state index contributed by atoms with van der Waals surface area (Å²) in [5.74, 6) is -0.577. The quantitative estimate of drug-likeness (QED) is 0.871. The van der Waals surface area contributed by atoms with Gasteiger partial charge in [0.25, 0.3) is 0 Å². The molecule has 3 nitrogen and oxygen atoms in total. The van der Waals surface area contributed by atoms with Crippen LogP contribution in [0.25, 0.3) is 0 Å². The van der Waals surface area contributed by atoms with Crippen LogP contribution in [-0.2, 0) is 4.79 Å². The van der Waals surface area contributed by atoms with E-state index in [0.29, 0.717) is 19.0 Å². The molecule has 1 aromatic carbocycles. The molecule has 1 saturated carbocycles. The van der Waals surface area contributed by atoms with E-state index in [1.807, 2.05) is 0 Å². The fourth-order valence-corrected chi connectivity index (χ4v) is 4.09. The molecule has 1 aliphatic heterocycles. The molecule has 1 N–H and O–H groups in total. The summed E-state index contributed by atoms with van der Waals surface area (Å²) >= 11 is 1.08. The van der Waals surface area contributed by atoms with Gasteiger partial charge in [0, 0.05) is 30.0 Å². The number of thioether (sulfide) groups is 1. The topological polar surface area (TPSA) is 40.5 Å². The normalized spacial score (nSPS) is 28.0. The summed E-state index contributed by atoms with van der Waals surface area (Å²) in [5, 5.41) is 9.84. The van der Waals surface area contributed by atoms with Gasteiger partial charge in [-0.25, -0.2) is 8.78 Å². The van der Waals surface area contributed by atoms with Crippen LogP contribution in [0.2, 0.25) is 0 Å². The lowest BCUT2D eigenvalue weighted by Gasteiger charge is -2.18. The number of carbonyl (C=O) groups is 1. The maximum Gasteiger partial charge on any atom is 0.232 e. The van der Waals surface area contributed by atoms with Gasteiger partial charge < -0.3 is 10.0 Å². The van der Waals surface area contributed by atoms with Gasteiger partial charge in [0.05, 0.1) is 11.9 Å². The van der Waals surface area contributed by atoms with Crippen molar-refractivity contribution in [3.05, 3.63) is 29.8 Å². The molecule has 0 aromatic heterocycles. The van der Waals surface area contributed by atoms with E-state index in [0.717, 1.165) is 30.7 Å². The number of hydrogen-bond acceptors (Lipinski definition) is 3. The Morgan fingerprint density at radius 1 is 1.33 bits per heavy atom. The van der Waals surface area contributed by atoms with Crippen LogP contribution >= 0.6 is 11.8 Å². The maximum atomic E-state index is 13.5. The highest BCUT2D eigenvalue weighted by atomic mass is 32.2. The van der Waals surface area contributed by atoms with Crippen LogP contribution in [0.4, 0.5) is 8.78 Å². The summed E-state index contributed by atoms with van der Waals surface area (Å²) in [6.07, 6.45) is 1.50. The molecule has 114 valence electrons. The second-order valence-corrected chi connectivity index (χ2v) is 6.75. The molecule has 21 heavy (non-hydrogen) atoms. The zero-order valence-electron chi connectivity index (χ0n) is 11.5. The molecule has 1 aliphatic carbocycles. The van der Waals surface area contributed by atoms with Crippen LogP contribution in [0.15, 0.2) is 23.1 Å². The first kappa shape index (κ1) is 14.8. The van der Waals surface area contributed by atoms with E-state index in [9.17, 15) is 18.7 Å². The van der Waals surface area contributed by atoms with Crippen molar-refractivity contribution in [3.63, 3.8) is 0 Å². The number of likely N-dealkylation sites (tertiary alicyclic amines) is 1. The van der Waals surface area contributed by atoms with Crippen molar-refractivity contribution >= 4 is 17.7 Å². The van der Waals surface area contributed by atoms with Gasteiger partial charge in [0.2, 0.25) is 5.91 Å². The standard InChI is InChI=1S/C15H17F2NO2S/c16-10-2-4-14(12(17)5-10)21-8-15(20)18-6-9-1-3-13(19)11(9)7-18/h2,4-5,9,11,13,19H,1,3,6-8H2. The molecule has 3 rings (SSSR count). The number of halogens is 2. The number of aliphatic hydroxyl groups is 1. The van der Waals surface area contributed by atoms with E-state index in [2.05, 4.69) is 0 Å². The lowest BCUT2D eigenvalue weighted by Crippen LogP contribution is -2.32. The van der Waals surface area contributed by atoms with Crippen LogP contribution in [0.1, 0.15) is 12.8 Å². The monoisotopic (exact) mass is 313 g/mol. The molecule has 0 radical (unpaired) electrons. The third-order valence-electron chi connectivity index (χ3n) is 4.42. The van der Waals surface area contributed by atoms with Gasteiger partial charge in [0.15, 0.2) is 0 Å². The molecule has 2 aliphatic rings. The van der Waals surface area contributed by atoms with Gasteiger partial charge in [-0.3, -0.25) is 4.79 Å². The number of aliphatic hydroxyl groups excluding tert-OH is 1. The Bertz CT molecular complexity index is 554. The average molecular weight is 313 g/mol. The Morgan fingerprint density at radius 3 is 2.86 bits per heavy atom. The second kappa shape index (κ2) is 5.93. The maximum absolute atomic E-state index is 13.5. The number of carbonyl (C=O) groups excluding carboxylic acids is 1. The van der Waals surface area contributed by atoms with Crippen molar-refractivity contribution in [1.82, 2.24) is 4.90 Å². The third kappa shape index (κ3) is 3.06. The minimum absolute atomic E-state index is 0.0506. The van der Waals surface area contributed by atoms with E-state index in [1.165, 1.54) is 12.1 Å². The van der Waals surface area contributed by atoms with Gasteiger partial charge in [0.1, 0.15) is 11.6 Å². The van der Waals surface area contributed by atoms with Gasteiger partial charge >= 0.3 is 0 Å². The Balaban J connectivity index is 1.55. The summed E-state index contributed by atoms with van der Waals surface area (Å²) in [5.41, 5.74) is 0. The lowest BCUT2D eigenvalue weighted by atomic mass is 10.00. The van der Waals surface area contributed by atoms with Crippen molar-refractivity contribution < 1.29 is 18.7 Å². The molecule has 0 spiro atoms. The number of fused-ring (bicyclic) bond motifs is 1. The molecule has 3 unspecified atom stereocenters. The Morgan fingerprint density at radius 2 is 2.14 bits per heavy atom. The van der Waals surface area contributed by atoms with E-state index >= 15 is 0 Å². The number of rotatable bonds is 3. The van der Waals surface area contributed by atoms with Crippen molar-refractivity contribution in [1.29, 1.82) is 0 Å². The molecule has 1 saturated heterocycles. The highest BCUT2D eigenvalue weighted by Gasteiger charge is 2.43. The minimum atomic E-state index is -0.637. The van der Waals surface area contributed by atoms with Crippen LogP contribution in [0.5, 0.6) is 0 Å². The summed E-state index contributed by atoms with van der Waals surface area (Å²) in [6.45, 7) is 1.28. The zero-order valence-corrected chi connectivity index (χ0v) is 12.3. The highest BCUT2D eigenvalue weighted by Crippen LogP contribution is 2.38. The molecular weight excluding hydrogens is 296 g/mol. The fourth-order valence-electron chi connectivity index (χ4n) is 3.26. The van der Waals surface area contributed by atoms with E-state index in [1.54, 1.807) is 4.90 Å². The van der Waals surface area contributed by atoms with Crippen molar-refractivity contribution in [3.8, 4) is 0 Å². The van der Waals surface area contributed by atoms with Crippen LogP contribution in [0.3, 0.4) is 0 Å². The van der Waals surface area contributed by atoms with Gasteiger partial charge in [-0.1, -0.05) is 0 Å². The summed E-state index contributed by atoms with van der Waals surface area (Å²) in [4.78, 5) is 14.2. The van der Waals surface area contributed by atoms with Crippen LogP contribution < -0.4 is 0 Å². The van der Waals surface area contributed by atoms with Crippen LogP contribution in [-0.4, -0.2) is 40.9 Å². The van der Waals surface area contributed by atoms with E-state index < -0.39 is 11.6 Å². The van der Waals surface area contributed by atoms with Crippen molar-refractivity contribution in [2.75, 3.05) is 18.8 Å². The molecule has 0 bridgehead atoms. The Labute approximate surface area is 126 Å². The Kier molecular flexibility index (Phi) is 4.17. The van der Waals surface area contributed by atoms with Crippen molar-refractivity contribution in [2.45, 2.75) is 23.8 Å². The van der Waals surface area contributed by atoms with E-state index in [-0.39, 0.29) is 28.6 Å². The van der Waals surface area contributed by atoms with Gasteiger partial charge in [-0.2, -0.15) is 0 Å². The van der Waals surface area contributed by atoms with E-state index in [4.69, 9.17) is 0 Å². The number of benzene rings is 1. The largest absolute Gasteiger partial charge is 0.393 e. The first-order chi connectivity index (χ1) is 10.0. The molecule has 1 amide bonds. The summed E-state index contributed by atoms with van der Waals surface area (Å²) in [6, 6.07) is 3.36. The molecular formula is C15H17F2NO2S. The Hall–Kier alpha value is -1.14. The SMILES string of the molecule is O=C(CSc1ccc(F)cc1F)N1CC2CCC(O)C2C1. The molecule has 6 heteroatoms. The van der Waals surface area contributed by atoms with Gasteiger partial charge in [-0.15, -0.1) is 11.8 Å². The predicted octanol–water partition coefficient (Wildman–Crippen LogP) is 2.29. The minimum Gasteiger partial charge on any atom is -0.393 e. The molecule has 1 aromatic rings. The van der Waals surface area contributed by atoms with Crippen molar-refractivity contribution in [2.24, 2.45) is 11.8 Å². The van der Waals surface area contributed by atoms with Crippen LogP contribution in [0, 0.1) is 23.5 Å². The average Bonchev–Trinajstić information content (AvgIpc) is 3.00. The molecule has 1 heterocycles. The highest BCUT2D eigenvalue weighted by molar-refractivity contribution is 8.00. The third-order valence-corrected chi connectivity index (χ3v) is 5.45. The van der Waals surface area contributed by atoms with Gasteiger partial charge in [-0.05, 0) is 30.9 Å². The lowest BCUT2D eigenvalue weighted by molar-refractivity contribution is -0.127. The predicted molar refractivity (Wildman–Crippen MR) is 75.9 cm³/mol. The number of hydrogen-bond donors (Lipinski definition) is 1.